The molecule has 0 aromatic carbocycles. The third kappa shape index (κ3) is 3.66. The Labute approximate surface area is 135 Å². The summed E-state index contributed by atoms with van der Waals surface area (Å²) < 4.78 is 40.9. The number of hydrogen-bond acceptors (Lipinski definition) is 3. The topological polar surface area (TPSA) is 56.0 Å². The van der Waals surface area contributed by atoms with E-state index in [-0.39, 0.29) is 24.7 Å². The van der Waals surface area contributed by atoms with E-state index >= 15 is 0 Å². The van der Waals surface area contributed by atoms with E-state index in [0.29, 0.717) is 0 Å². The van der Waals surface area contributed by atoms with E-state index < -0.39 is 16.9 Å². The van der Waals surface area contributed by atoms with Crippen molar-refractivity contribution in [3.8, 4) is 0 Å². The highest BCUT2D eigenvalue weighted by atomic mass is 35.5. The predicted octanol–water partition coefficient (Wildman–Crippen LogP) is 2.26. The van der Waals surface area contributed by atoms with Gasteiger partial charge in [0.1, 0.15) is 6.54 Å². The molecule has 0 bridgehead atoms. The Balaban J connectivity index is 2.13. The Morgan fingerprint density at radius 3 is 2.57 bits per heavy atom. The van der Waals surface area contributed by atoms with Gasteiger partial charge in [-0.15, -0.1) is 0 Å². The number of nitrogens with zero attached hydrogens (tertiary/aromatic N) is 5. The predicted molar refractivity (Wildman–Crippen MR) is 76.7 cm³/mol. The van der Waals surface area contributed by atoms with Crippen LogP contribution in [0.1, 0.15) is 17.1 Å². The molecule has 0 saturated carbocycles. The summed E-state index contributed by atoms with van der Waals surface area (Å²) in [6.45, 7) is 1.35. The van der Waals surface area contributed by atoms with Crippen molar-refractivity contribution in [3.63, 3.8) is 0 Å². The van der Waals surface area contributed by atoms with E-state index in [2.05, 4.69) is 10.2 Å². The molecule has 0 saturated heterocycles. The first-order chi connectivity index (χ1) is 10.6. The number of carbonyl (C=O) groups excluding carboxylic acids is 1. The van der Waals surface area contributed by atoms with Crippen LogP contribution in [0.5, 0.6) is 0 Å². The van der Waals surface area contributed by atoms with Crippen LogP contribution in [0.15, 0.2) is 12.3 Å². The molecular weight excluding hydrogens is 335 g/mol. The fourth-order valence-corrected chi connectivity index (χ4v) is 2.24. The molecule has 0 atom stereocenters. The summed E-state index contributed by atoms with van der Waals surface area (Å²) in [6.07, 6.45) is -3.06. The van der Waals surface area contributed by atoms with Crippen molar-refractivity contribution in [2.75, 3.05) is 7.05 Å². The molecule has 0 radical (unpaired) electrons. The number of carbonyl (C=O) groups is 1. The highest BCUT2D eigenvalue weighted by Gasteiger charge is 2.38. The molecule has 2 rings (SSSR count). The standard InChI is InChI=1S/C13H15ClF3N5O/c1-8-11(14)12(13(15,16)17)19-22(8)7-10(23)20(2)6-9-4-5-18-21(9)3/h4-5H,6-7H2,1-3H3. The summed E-state index contributed by atoms with van der Waals surface area (Å²) in [5.74, 6) is -0.387. The fraction of sp³-hybridized carbons (Fsp3) is 0.462. The number of amides is 1. The summed E-state index contributed by atoms with van der Waals surface area (Å²) in [6, 6.07) is 1.75. The van der Waals surface area contributed by atoms with Crippen molar-refractivity contribution in [2.24, 2.45) is 7.05 Å². The van der Waals surface area contributed by atoms with Crippen LogP contribution in [0, 0.1) is 6.92 Å². The molecule has 0 N–H and O–H groups in total. The number of hydrogen-bond donors (Lipinski definition) is 0. The van der Waals surface area contributed by atoms with Crippen LogP contribution >= 0.6 is 11.6 Å². The van der Waals surface area contributed by atoms with Crippen LogP contribution in [-0.2, 0) is 31.1 Å². The normalized spacial score (nSPS) is 11.8. The smallest absolute Gasteiger partial charge is 0.338 e. The average Bonchev–Trinajstić information content (AvgIpc) is 2.97. The second kappa shape index (κ2) is 6.23. The number of likely N-dealkylation sites (N-methyl/N-ethyl adjacent to an activating group) is 1. The molecule has 0 fully saturated rings. The van der Waals surface area contributed by atoms with E-state index in [4.69, 9.17) is 11.6 Å². The third-order valence-corrected chi connectivity index (χ3v) is 3.89. The van der Waals surface area contributed by atoms with E-state index in [1.54, 1.807) is 31.0 Å². The number of halogens is 4. The maximum atomic E-state index is 12.8. The van der Waals surface area contributed by atoms with E-state index in [0.717, 1.165) is 10.4 Å². The van der Waals surface area contributed by atoms with Crippen LogP contribution < -0.4 is 0 Å². The molecular formula is C13H15ClF3N5O. The van der Waals surface area contributed by atoms with Gasteiger partial charge in [-0.05, 0) is 13.0 Å². The molecule has 2 aromatic rings. The minimum atomic E-state index is -4.66. The molecule has 6 nitrogen and oxygen atoms in total. The molecule has 0 aliphatic heterocycles. The quantitative estimate of drug-likeness (QED) is 0.850. The second-order valence-electron chi connectivity index (χ2n) is 5.10. The zero-order chi connectivity index (χ0) is 17.4. The minimum Gasteiger partial charge on any atom is -0.338 e. The Bertz CT molecular complexity index is 722. The number of aromatic nitrogens is 4. The SMILES string of the molecule is Cc1c(Cl)c(C(F)(F)F)nn1CC(=O)N(C)Cc1ccnn1C. The average molecular weight is 350 g/mol. The first-order valence-corrected chi connectivity index (χ1v) is 7.00. The number of rotatable bonds is 4. The number of alkyl halides is 3. The Morgan fingerprint density at radius 2 is 2.09 bits per heavy atom. The summed E-state index contributed by atoms with van der Waals surface area (Å²) in [5.41, 5.74) is -0.285. The largest absolute Gasteiger partial charge is 0.436 e. The van der Waals surface area contributed by atoms with Crippen molar-refractivity contribution in [2.45, 2.75) is 26.2 Å². The van der Waals surface area contributed by atoms with Crippen LogP contribution in [0.3, 0.4) is 0 Å². The first kappa shape index (κ1) is 17.3. The molecule has 0 unspecified atom stereocenters. The molecule has 2 heterocycles. The summed E-state index contributed by atoms with van der Waals surface area (Å²) in [7, 11) is 3.29. The van der Waals surface area contributed by atoms with Crippen LogP contribution in [0.2, 0.25) is 5.02 Å². The minimum absolute atomic E-state index is 0.0984. The van der Waals surface area contributed by atoms with Crippen molar-refractivity contribution >= 4 is 17.5 Å². The van der Waals surface area contributed by atoms with Gasteiger partial charge in [0.2, 0.25) is 5.91 Å². The van der Waals surface area contributed by atoms with Crippen molar-refractivity contribution in [1.82, 2.24) is 24.5 Å². The lowest BCUT2D eigenvalue weighted by Crippen LogP contribution is -2.31. The van der Waals surface area contributed by atoms with Gasteiger partial charge in [-0.25, -0.2) is 0 Å². The molecule has 0 aliphatic rings. The molecule has 0 aliphatic carbocycles. The molecule has 23 heavy (non-hydrogen) atoms. The maximum absolute atomic E-state index is 12.8. The number of aryl methyl sites for hydroxylation is 1. The van der Waals surface area contributed by atoms with E-state index in [1.807, 2.05) is 0 Å². The first-order valence-electron chi connectivity index (χ1n) is 6.62. The van der Waals surface area contributed by atoms with Gasteiger partial charge in [-0.3, -0.25) is 14.2 Å². The van der Waals surface area contributed by atoms with Crippen LogP contribution in [0.25, 0.3) is 0 Å². The van der Waals surface area contributed by atoms with Crippen LogP contribution in [0.4, 0.5) is 13.2 Å². The Kier molecular flexibility index (Phi) is 4.69. The van der Waals surface area contributed by atoms with Gasteiger partial charge < -0.3 is 4.90 Å². The lowest BCUT2D eigenvalue weighted by molar-refractivity contribution is -0.142. The Hall–Kier alpha value is -2.03. The van der Waals surface area contributed by atoms with Gasteiger partial charge in [-0.2, -0.15) is 23.4 Å². The van der Waals surface area contributed by atoms with Crippen molar-refractivity contribution < 1.29 is 18.0 Å². The van der Waals surface area contributed by atoms with Crippen molar-refractivity contribution in [1.29, 1.82) is 0 Å². The molecule has 10 heteroatoms. The van der Waals surface area contributed by atoms with Crippen LogP contribution in [-0.4, -0.2) is 37.4 Å². The summed E-state index contributed by atoms with van der Waals surface area (Å²) >= 11 is 5.66. The highest BCUT2D eigenvalue weighted by molar-refractivity contribution is 6.32. The molecule has 0 spiro atoms. The van der Waals surface area contributed by atoms with Gasteiger partial charge >= 0.3 is 6.18 Å². The van der Waals surface area contributed by atoms with Gasteiger partial charge in [-0.1, -0.05) is 11.6 Å². The van der Waals surface area contributed by atoms with Gasteiger partial charge in [0.25, 0.3) is 0 Å². The Morgan fingerprint density at radius 1 is 1.43 bits per heavy atom. The van der Waals surface area contributed by atoms with Gasteiger partial charge in [0.15, 0.2) is 5.69 Å². The molecule has 1 amide bonds. The summed E-state index contributed by atoms with van der Waals surface area (Å²) in [4.78, 5) is 13.6. The van der Waals surface area contributed by atoms with E-state index in [9.17, 15) is 18.0 Å². The van der Waals surface area contributed by atoms with Gasteiger partial charge in [0.05, 0.1) is 23.0 Å². The highest BCUT2D eigenvalue weighted by Crippen LogP contribution is 2.35. The molecule has 126 valence electrons. The monoisotopic (exact) mass is 349 g/mol. The third-order valence-electron chi connectivity index (χ3n) is 3.43. The van der Waals surface area contributed by atoms with Crippen molar-refractivity contribution in [3.05, 3.63) is 34.4 Å². The zero-order valence-electron chi connectivity index (χ0n) is 12.7. The lowest BCUT2D eigenvalue weighted by Gasteiger charge is -2.17. The van der Waals surface area contributed by atoms with Gasteiger partial charge in [0, 0.05) is 20.3 Å². The summed E-state index contributed by atoms with van der Waals surface area (Å²) in [5, 5.41) is 6.91. The lowest BCUT2D eigenvalue weighted by atomic mass is 10.3. The van der Waals surface area contributed by atoms with E-state index in [1.165, 1.54) is 11.8 Å². The second-order valence-corrected chi connectivity index (χ2v) is 5.48. The maximum Gasteiger partial charge on any atom is 0.436 e. The molecule has 2 aromatic heterocycles. The zero-order valence-corrected chi connectivity index (χ0v) is 13.5. The fourth-order valence-electron chi connectivity index (χ4n) is 2.00.